The van der Waals surface area contributed by atoms with E-state index in [9.17, 15) is 9.59 Å². The minimum atomic E-state index is -0.494. The standard InChI is InChI=1S/C30H29N3O3/c1-2-32(29(34)25-15-13-24(14-16-25)23-11-7-4-8-12-23)27-17-18-28-26(19-27)20-33(31-28)30(35)36-21-22-9-5-3-6-10-22/h3-16,20,27H,2,17-19,21H2,1H3. The SMILES string of the molecule is CCN(C(=O)c1ccc(-c2ccccc2)cc1)C1CCc2nn(C(=O)OCc3ccccc3)cc2C1. The molecule has 0 radical (unpaired) electrons. The van der Waals surface area contributed by atoms with E-state index in [0.717, 1.165) is 40.8 Å². The fourth-order valence-corrected chi connectivity index (χ4v) is 4.80. The lowest BCUT2D eigenvalue weighted by molar-refractivity contribution is 0.0674. The number of hydrogen-bond acceptors (Lipinski definition) is 4. The first kappa shape index (κ1) is 23.5. The molecule has 36 heavy (non-hydrogen) atoms. The molecule has 1 heterocycles. The number of nitrogens with zero attached hydrogens (tertiary/aromatic N) is 3. The third-order valence-electron chi connectivity index (χ3n) is 6.72. The number of likely N-dealkylation sites (N-methyl/N-ethyl adjacent to an activating group) is 1. The van der Waals surface area contributed by atoms with Gasteiger partial charge in [0.1, 0.15) is 6.61 Å². The molecule has 1 aliphatic rings. The number of amides is 1. The van der Waals surface area contributed by atoms with Crippen molar-refractivity contribution in [2.45, 2.75) is 38.8 Å². The van der Waals surface area contributed by atoms with E-state index in [1.807, 2.05) is 84.6 Å². The molecule has 6 nitrogen and oxygen atoms in total. The van der Waals surface area contributed by atoms with E-state index in [2.05, 4.69) is 17.2 Å². The van der Waals surface area contributed by atoms with Gasteiger partial charge in [0.2, 0.25) is 0 Å². The van der Waals surface area contributed by atoms with Crippen LogP contribution in [-0.2, 0) is 24.2 Å². The van der Waals surface area contributed by atoms with Crippen molar-refractivity contribution in [3.05, 3.63) is 114 Å². The number of rotatable bonds is 6. The zero-order valence-corrected chi connectivity index (χ0v) is 20.3. The molecule has 6 heteroatoms. The van der Waals surface area contributed by atoms with Crippen LogP contribution < -0.4 is 0 Å². The Bertz CT molecular complexity index is 1330. The molecule has 4 aromatic rings. The van der Waals surface area contributed by atoms with Gasteiger partial charge in [0.05, 0.1) is 5.69 Å². The molecular formula is C30H29N3O3. The van der Waals surface area contributed by atoms with E-state index in [1.54, 1.807) is 6.20 Å². The smallest absolute Gasteiger partial charge is 0.435 e. The van der Waals surface area contributed by atoms with Gasteiger partial charge >= 0.3 is 6.09 Å². The number of aromatic nitrogens is 2. The number of carbonyl (C=O) groups is 2. The second-order valence-electron chi connectivity index (χ2n) is 9.02. The zero-order valence-electron chi connectivity index (χ0n) is 20.3. The minimum Gasteiger partial charge on any atom is -0.443 e. The fraction of sp³-hybridized carbons (Fsp3) is 0.233. The van der Waals surface area contributed by atoms with E-state index in [4.69, 9.17) is 4.74 Å². The van der Waals surface area contributed by atoms with Crippen molar-refractivity contribution in [2.24, 2.45) is 0 Å². The summed E-state index contributed by atoms with van der Waals surface area (Å²) in [6, 6.07) is 27.6. The predicted molar refractivity (Wildman–Crippen MR) is 139 cm³/mol. The summed E-state index contributed by atoms with van der Waals surface area (Å²) < 4.78 is 6.71. The Kier molecular flexibility index (Phi) is 6.94. The molecule has 0 bridgehead atoms. The first-order chi connectivity index (χ1) is 17.6. The van der Waals surface area contributed by atoms with Crippen LogP contribution in [-0.4, -0.2) is 39.3 Å². The normalized spacial score (nSPS) is 14.6. The molecule has 0 spiro atoms. The molecule has 182 valence electrons. The molecule has 0 fully saturated rings. The Morgan fingerprint density at radius 2 is 1.61 bits per heavy atom. The van der Waals surface area contributed by atoms with Crippen LogP contribution in [0.25, 0.3) is 11.1 Å². The third kappa shape index (κ3) is 5.08. The number of fused-ring (bicyclic) bond motifs is 1. The van der Waals surface area contributed by atoms with Crippen LogP contribution in [0.2, 0.25) is 0 Å². The first-order valence-electron chi connectivity index (χ1n) is 12.4. The topological polar surface area (TPSA) is 64.4 Å². The van der Waals surface area contributed by atoms with Gasteiger partial charge in [0, 0.05) is 24.3 Å². The molecule has 0 saturated carbocycles. The molecule has 0 N–H and O–H groups in total. The Hall–Kier alpha value is -4.19. The predicted octanol–water partition coefficient (Wildman–Crippen LogP) is 5.75. The number of benzene rings is 3. The van der Waals surface area contributed by atoms with E-state index in [-0.39, 0.29) is 18.6 Å². The molecule has 1 atom stereocenters. The molecule has 1 amide bonds. The summed E-state index contributed by atoms with van der Waals surface area (Å²) in [5.41, 5.74) is 5.72. The van der Waals surface area contributed by atoms with E-state index < -0.39 is 6.09 Å². The Morgan fingerprint density at radius 1 is 0.944 bits per heavy atom. The van der Waals surface area contributed by atoms with E-state index in [0.29, 0.717) is 18.5 Å². The summed E-state index contributed by atoms with van der Waals surface area (Å²) in [5.74, 6) is 0.0280. The molecule has 5 rings (SSSR count). The summed E-state index contributed by atoms with van der Waals surface area (Å²) in [7, 11) is 0. The van der Waals surface area contributed by atoms with Crippen LogP contribution >= 0.6 is 0 Å². The molecule has 1 aromatic heterocycles. The molecule has 0 saturated heterocycles. The summed E-state index contributed by atoms with van der Waals surface area (Å²) >= 11 is 0. The van der Waals surface area contributed by atoms with Crippen LogP contribution in [0.4, 0.5) is 4.79 Å². The van der Waals surface area contributed by atoms with Crippen molar-refractivity contribution in [2.75, 3.05) is 6.54 Å². The second-order valence-corrected chi connectivity index (χ2v) is 9.02. The second kappa shape index (κ2) is 10.6. The third-order valence-corrected chi connectivity index (χ3v) is 6.72. The summed E-state index contributed by atoms with van der Waals surface area (Å²) in [5, 5.41) is 4.46. The van der Waals surface area contributed by atoms with Crippen molar-refractivity contribution < 1.29 is 14.3 Å². The van der Waals surface area contributed by atoms with Gasteiger partial charge in [-0.05, 0) is 60.6 Å². The zero-order chi connectivity index (χ0) is 24.9. The van der Waals surface area contributed by atoms with Crippen molar-refractivity contribution in [3.8, 4) is 11.1 Å². The van der Waals surface area contributed by atoms with Crippen LogP contribution in [0.1, 0.15) is 40.5 Å². The lowest BCUT2D eigenvalue weighted by atomic mass is 9.92. The van der Waals surface area contributed by atoms with Gasteiger partial charge < -0.3 is 9.64 Å². The van der Waals surface area contributed by atoms with Crippen LogP contribution in [0.3, 0.4) is 0 Å². The molecule has 1 aliphatic carbocycles. The Balaban J connectivity index is 1.25. The molecule has 1 unspecified atom stereocenters. The van der Waals surface area contributed by atoms with Gasteiger partial charge in [0.15, 0.2) is 0 Å². The molecular weight excluding hydrogens is 450 g/mol. The lowest BCUT2D eigenvalue weighted by Gasteiger charge is -2.33. The number of aryl methyl sites for hydroxylation is 1. The van der Waals surface area contributed by atoms with Gasteiger partial charge in [0.25, 0.3) is 5.91 Å². The van der Waals surface area contributed by atoms with Crippen LogP contribution in [0, 0.1) is 0 Å². The quantitative estimate of drug-likeness (QED) is 0.353. The maximum Gasteiger partial charge on any atom is 0.435 e. The van der Waals surface area contributed by atoms with Gasteiger partial charge in [-0.25, -0.2) is 4.79 Å². The average Bonchev–Trinajstić information content (AvgIpc) is 3.37. The number of carbonyl (C=O) groups excluding carboxylic acids is 2. The number of hydrogen-bond donors (Lipinski definition) is 0. The fourth-order valence-electron chi connectivity index (χ4n) is 4.80. The largest absolute Gasteiger partial charge is 0.443 e. The van der Waals surface area contributed by atoms with Gasteiger partial charge in [-0.1, -0.05) is 72.8 Å². The van der Waals surface area contributed by atoms with Gasteiger partial charge in [-0.3, -0.25) is 4.79 Å². The highest BCUT2D eigenvalue weighted by molar-refractivity contribution is 5.95. The monoisotopic (exact) mass is 479 g/mol. The summed E-state index contributed by atoms with van der Waals surface area (Å²) in [4.78, 5) is 27.9. The number of ether oxygens (including phenoxy) is 1. The highest BCUT2D eigenvalue weighted by atomic mass is 16.6. The van der Waals surface area contributed by atoms with Crippen molar-refractivity contribution in [1.82, 2.24) is 14.7 Å². The van der Waals surface area contributed by atoms with Gasteiger partial charge in [-0.2, -0.15) is 9.78 Å². The highest BCUT2D eigenvalue weighted by Gasteiger charge is 2.30. The van der Waals surface area contributed by atoms with Crippen molar-refractivity contribution in [3.63, 3.8) is 0 Å². The maximum absolute atomic E-state index is 13.4. The average molecular weight is 480 g/mol. The van der Waals surface area contributed by atoms with E-state index >= 15 is 0 Å². The van der Waals surface area contributed by atoms with Crippen LogP contribution in [0.15, 0.2) is 91.1 Å². The van der Waals surface area contributed by atoms with Crippen molar-refractivity contribution in [1.29, 1.82) is 0 Å². The van der Waals surface area contributed by atoms with Crippen LogP contribution in [0.5, 0.6) is 0 Å². The maximum atomic E-state index is 13.4. The highest BCUT2D eigenvalue weighted by Crippen LogP contribution is 2.26. The minimum absolute atomic E-state index is 0.0280. The lowest BCUT2D eigenvalue weighted by Crippen LogP contribution is -2.43. The Labute approximate surface area is 211 Å². The van der Waals surface area contributed by atoms with Crippen molar-refractivity contribution >= 4 is 12.0 Å². The molecule has 3 aromatic carbocycles. The molecule has 0 aliphatic heterocycles. The van der Waals surface area contributed by atoms with Gasteiger partial charge in [-0.15, -0.1) is 0 Å². The van der Waals surface area contributed by atoms with E-state index in [1.165, 1.54) is 4.68 Å². The Morgan fingerprint density at radius 3 is 2.31 bits per heavy atom. The summed E-state index contributed by atoms with van der Waals surface area (Å²) in [6.45, 7) is 2.83. The first-order valence-corrected chi connectivity index (χ1v) is 12.4. The summed E-state index contributed by atoms with van der Waals surface area (Å²) in [6.07, 6.45) is 3.46.